The first-order chi connectivity index (χ1) is 25.8. The van der Waals surface area contributed by atoms with Crippen LogP contribution in [0.25, 0.3) is 0 Å². The molecule has 0 aromatic heterocycles. The molecule has 0 radical (unpaired) electrons. The van der Waals surface area contributed by atoms with Gasteiger partial charge in [0.1, 0.15) is 17.5 Å². The molecule has 7 N–H and O–H groups in total. The third kappa shape index (κ3) is 27.8. The molecule has 2 amide bonds. The predicted molar refractivity (Wildman–Crippen MR) is 219 cm³/mol. The normalized spacial score (nSPS) is 14.3. The van der Waals surface area contributed by atoms with Crippen LogP contribution in [0.5, 0.6) is 0 Å². The zero-order chi connectivity index (χ0) is 41.9. The summed E-state index contributed by atoms with van der Waals surface area (Å²) in [6, 6.07) is 20.5. The minimum Gasteiger partial charge on any atom is -0.444 e. The topological polar surface area (TPSA) is 208 Å². The van der Waals surface area contributed by atoms with Crippen LogP contribution in [0.15, 0.2) is 65.7 Å². The molecule has 2 aromatic carbocycles. The van der Waals surface area contributed by atoms with Crippen LogP contribution >= 0.6 is 0 Å². The smallest absolute Gasteiger partial charge is 0.407 e. The molecule has 2 aromatic rings. The van der Waals surface area contributed by atoms with Gasteiger partial charge in [-0.2, -0.15) is 5.26 Å². The fraction of sp³-hybridized carbons (Fsp3) is 0.595. The number of ether oxygens (including phenoxy) is 2. The summed E-state index contributed by atoms with van der Waals surface area (Å²) in [6.07, 6.45) is 1.41. The maximum atomic E-state index is 12.2. The lowest BCUT2D eigenvalue weighted by Gasteiger charge is -2.27. The predicted octanol–water partition coefficient (Wildman–Crippen LogP) is 5.37. The maximum Gasteiger partial charge on any atom is 0.407 e. The van der Waals surface area contributed by atoms with Crippen molar-refractivity contribution in [3.63, 3.8) is 0 Å². The van der Waals surface area contributed by atoms with Crippen LogP contribution in [0.1, 0.15) is 85.8 Å². The highest BCUT2D eigenvalue weighted by molar-refractivity contribution is 5.68. The van der Waals surface area contributed by atoms with Crippen LogP contribution in [0.2, 0.25) is 0 Å². The van der Waals surface area contributed by atoms with Gasteiger partial charge in [-0.05, 0) is 97.5 Å². The first kappa shape index (κ1) is 50.6. The molecule has 55 heavy (non-hydrogen) atoms. The largest absolute Gasteiger partial charge is 0.444 e. The monoisotopic (exact) mass is 769 g/mol. The van der Waals surface area contributed by atoms with Crippen molar-refractivity contribution in [1.82, 2.24) is 16.0 Å². The van der Waals surface area contributed by atoms with E-state index in [9.17, 15) is 24.6 Å². The fourth-order valence-corrected chi connectivity index (χ4v) is 4.78. The molecule has 4 unspecified atom stereocenters. The SMILES string of the molecule is C=NCCC(C)CNCC(O)[C@H](Cc1ccccc1)NC(=O)OC(C)(C)C.CC(C)(C)OC(=O)N[C@@H](Cc1ccccc1)C(O)CN.CC(C=O)CCC#N. The van der Waals surface area contributed by atoms with E-state index in [0.717, 1.165) is 36.9 Å². The highest BCUT2D eigenvalue weighted by Crippen LogP contribution is 2.12. The number of alkyl carbamates (subject to hydrolysis) is 2. The highest BCUT2D eigenvalue weighted by atomic mass is 16.6. The molecule has 0 spiro atoms. The van der Waals surface area contributed by atoms with Crippen LogP contribution in [-0.2, 0) is 27.1 Å². The number of rotatable bonds is 19. The maximum absolute atomic E-state index is 12.2. The summed E-state index contributed by atoms with van der Waals surface area (Å²) < 4.78 is 10.5. The van der Waals surface area contributed by atoms with Gasteiger partial charge in [0.15, 0.2) is 0 Å². The van der Waals surface area contributed by atoms with E-state index in [1.165, 1.54) is 0 Å². The number of hydrogen-bond donors (Lipinski definition) is 6. The molecule has 0 heterocycles. The summed E-state index contributed by atoms with van der Waals surface area (Å²) in [5.41, 5.74) is 6.39. The quantitative estimate of drug-likeness (QED) is 0.0796. The van der Waals surface area contributed by atoms with Gasteiger partial charge in [-0.3, -0.25) is 0 Å². The van der Waals surface area contributed by atoms with Gasteiger partial charge in [0.2, 0.25) is 0 Å². The number of nitriles is 1. The van der Waals surface area contributed by atoms with Crippen molar-refractivity contribution in [2.24, 2.45) is 22.6 Å². The molecular formula is C42H68N6O7. The van der Waals surface area contributed by atoms with Gasteiger partial charge in [0.25, 0.3) is 0 Å². The molecular weight excluding hydrogens is 700 g/mol. The Morgan fingerprint density at radius 2 is 1.29 bits per heavy atom. The van der Waals surface area contributed by atoms with E-state index in [1.54, 1.807) is 20.8 Å². The number of carbonyl (C=O) groups is 3. The third-order valence-electron chi connectivity index (χ3n) is 7.74. The molecule has 308 valence electrons. The van der Waals surface area contributed by atoms with Crippen molar-refractivity contribution in [3.05, 3.63) is 71.8 Å². The van der Waals surface area contributed by atoms with Gasteiger partial charge < -0.3 is 51.2 Å². The summed E-state index contributed by atoms with van der Waals surface area (Å²) in [5.74, 6) is 0.490. The molecule has 0 aliphatic rings. The molecule has 2 rings (SSSR count). The van der Waals surface area contributed by atoms with Gasteiger partial charge in [0.05, 0.1) is 30.4 Å². The summed E-state index contributed by atoms with van der Waals surface area (Å²) in [4.78, 5) is 37.7. The number of carbonyl (C=O) groups excluding carboxylic acids is 3. The Hall–Kier alpha value is -4.35. The summed E-state index contributed by atoms with van der Waals surface area (Å²) in [6.45, 7) is 20.2. The molecule has 0 bridgehead atoms. The third-order valence-corrected chi connectivity index (χ3v) is 7.74. The van der Waals surface area contributed by atoms with E-state index < -0.39 is 47.7 Å². The Labute approximate surface area is 329 Å². The van der Waals surface area contributed by atoms with Crippen LogP contribution in [0.4, 0.5) is 9.59 Å². The van der Waals surface area contributed by atoms with Crippen molar-refractivity contribution in [2.45, 2.75) is 123 Å². The molecule has 6 atom stereocenters. The zero-order valence-electron chi connectivity index (χ0n) is 34.3. The number of aliphatic imine (C=N–C) groups is 1. The first-order valence-corrected chi connectivity index (χ1v) is 18.9. The van der Waals surface area contributed by atoms with E-state index in [0.29, 0.717) is 38.1 Å². The van der Waals surface area contributed by atoms with Crippen molar-refractivity contribution in [2.75, 3.05) is 26.2 Å². The van der Waals surface area contributed by atoms with Crippen molar-refractivity contribution < 1.29 is 34.1 Å². The molecule has 0 aliphatic heterocycles. The number of aliphatic hydroxyl groups excluding tert-OH is 2. The number of aliphatic hydroxyl groups is 2. The van der Waals surface area contributed by atoms with Crippen LogP contribution in [-0.4, -0.2) is 97.1 Å². The summed E-state index contributed by atoms with van der Waals surface area (Å²) >= 11 is 0. The standard InChI is InChI=1S/C21H35N3O3.C15H24N2O3.C6H9NO/c1-16(11-12-22-5)14-23-15-19(25)18(13-17-9-7-6-8-10-17)24-20(26)27-21(2,3)4;1-15(2,3)20-14(19)17-12(13(18)10-16)9-11-7-5-4-6-8-11;1-6(5-8)3-2-4-7/h6-10,16,18-19,23,25H,5,11-15H2,1-4H3,(H,24,26);4-8,12-13,18H,9-10,16H2,1-3H3,(H,17,19);5-6H,2-3H2,1H3/t16?,18-,19?;12-,13?;/m00./s1. The highest BCUT2D eigenvalue weighted by Gasteiger charge is 2.26. The molecule has 13 heteroatoms. The van der Waals surface area contributed by atoms with E-state index >= 15 is 0 Å². The number of nitrogens with zero attached hydrogens (tertiary/aromatic N) is 2. The average Bonchev–Trinajstić information content (AvgIpc) is 3.11. The zero-order valence-corrected chi connectivity index (χ0v) is 34.3. The first-order valence-electron chi connectivity index (χ1n) is 18.9. The Morgan fingerprint density at radius 1 is 0.836 bits per heavy atom. The number of hydrogen-bond acceptors (Lipinski definition) is 11. The lowest BCUT2D eigenvalue weighted by Crippen LogP contribution is -2.50. The van der Waals surface area contributed by atoms with Gasteiger partial charge in [-0.1, -0.05) is 74.5 Å². The minimum absolute atomic E-state index is 0.0506. The van der Waals surface area contributed by atoms with Crippen molar-refractivity contribution in [3.8, 4) is 6.07 Å². The minimum atomic E-state index is -0.817. The second-order valence-corrected chi connectivity index (χ2v) is 15.6. The summed E-state index contributed by atoms with van der Waals surface area (Å²) in [5, 5.41) is 37.4. The Morgan fingerprint density at radius 3 is 1.67 bits per heavy atom. The second-order valence-electron chi connectivity index (χ2n) is 15.6. The number of benzene rings is 2. The lowest BCUT2D eigenvalue weighted by molar-refractivity contribution is -0.110. The van der Waals surface area contributed by atoms with Crippen LogP contribution < -0.4 is 21.7 Å². The van der Waals surface area contributed by atoms with Crippen LogP contribution in [0, 0.1) is 23.2 Å². The van der Waals surface area contributed by atoms with Crippen LogP contribution in [0.3, 0.4) is 0 Å². The molecule has 0 fully saturated rings. The second kappa shape index (κ2) is 28.1. The van der Waals surface area contributed by atoms with Crippen molar-refractivity contribution in [1.29, 1.82) is 5.26 Å². The molecule has 0 saturated carbocycles. The summed E-state index contributed by atoms with van der Waals surface area (Å²) in [7, 11) is 0. The lowest BCUT2D eigenvalue weighted by atomic mass is 10.0. The van der Waals surface area contributed by atoms with Gasteiger partial charge in [0, 0.05) is 32.0 Å². The van der Waals surface area contributed by atoms with Gasteiger partial charge >= 0.3 is 12.2 Å². The molecule has 0 aliphatic carbocycles. The van der Waals surface area contributed by atoms with E-state index in [1.807, 2.05) is 94.4 Å². The van der Waals surface area contributed by atoms with E-state index in [4.69, 9.17) is 20.5 Å². The molecule has 0 saturated heterocycles. The van der Waals surface area contributed by atoms with Gasteiger partial charge in [-0.25, -0.2) is 9.59 Å². The fourth-order valence-electron chi connectivity index (χ4n) is 4.78. The van der Waals surface area contributed by atoms with Gasteiger partial charge in [-0.15, -0.1) is 0 Å². The molecule has 13 nitrogen and oxygen atoms in total. The van der Waals surface area contributed by atoms with Crippen molar-refractivity contribution >= 4 is 25.2 Å². The Bertz CT molecular complexity index is 1380. The number of amides is 2. The van der Waals surface area contributed by atoms with E-state index in [2.05, 4.69) is 34.6 Å². The number of aldehydes is 1. The Balaban J connectivity index is 0.000000910. The number of nitrogens with one attached hydrogen (secondary N) is 3. The van der Waals surface area contributed by atoms with E-state index in [-0.39, 0.29) is 12.5 Å². The average molecular weight is 769 g/mol. The Kier molecular flexibility index (Phi) is 25.9. The number of nitrogens with two attached hydrogens (primary N) is 1.